The third-order valence-corrected chi connectivity index (χ3v) is 2.41. The molecule has 2 aromatic rings. The summed E-state index contributed by atoms with van der Waals surface area (Å²) in [5, 5.41) is 0. The summed E-state index contributed by atoms with van der Waals surface area (Å²) in [6.45, 7) is 0.193. The minimum atomic E-state index is -0.786. The number of ketones is 1. The largest absolute Gasteiger partial charge is 0.325 e. The van der Waals surface area contributed by atoms with Crippen molar-refractivity contribution >= 4 is 5.78 Å². The van der Waals surface area contributed by atoms with Crippen LogP contribution in [0.2, 0.25) is 0 Å². The topological polar surface area (TPSA) is 56.0 Å². The van der Waals surface area contributed by atoms with E-state index in [2.05, 4.69) is 4.98 Å². The molecule has 2 rings (SSSR count). The molecule has 3 nitrogen and oxygen atoms in total. The van der Waals surface area contributed by atoms with Gasteiger partial charge >= 0.3 is 0 Å². The summed E-state index contributed by atoms with van der Waals surface area (Å²) in [7, 11) is 0. The van der Waals surface area contributed by atoms with Gasteiger partial charge in [-0.2, -0.15) is 0 Å². The zero-order valence-electron chi connectivity index (χ0n) is 9.36. The van der Waals surface area contributed by atoms with Crippen LogP contribution in [0.3, 0.4) is 0 Å². The molecule has 18 heavy (non-hydrogen) atoms. The molecule has 0 saturated carbocycles. The Hall–Kier alpha value is -2.14. The van der Waals surface area contributed by atoms with Gasteiger partial charge in [-0.05, 0) is 24.3 Å². The number of hydrogen-bond acceptors (Lipinski definition) is 3. The van der Waals surface area contributed by atoms with Crippen LogP contribution in [0, 0.1) is 11.6 Å². The van der Waals surface area contributed by atoms with Crippen LogP contribution in [-0.2, 0) is 6.54 Å². The summed E-state index contributed by atoms with van der Waals surface area (Å²) >= 11 is 0. The maximum absolute atomic E-state index is 13.0. The standard InChI is InChI=1S/C13H10F2N2O/c14-10-3-9(4-11(15)6-10)13(18)8-1-2-17-12(5-8)7-16/h1-6H,7,16H2. The Bertz CT molecular complexity index is 579. The van der Waals surface area contributed by atoms with Crippen molar-refractivity contribution in [2.75, 3.05) is 0 Å². The fourth-order valence-corrected chi connectivity index (χ4v) is 1.58. The maximum atomic E-state index is 13.0. The molecule has 0 spiro atoms. The van der Waals surface area contributed by atoms with Gasteiger partial charge in [0.25, 0.3) is 0 Å². The Morgan fingerprint density at radius 3 is 2.39 bits per heavy atom. The Labute approximate surface area is 102 Å². The molecule has 2 N–H and O–H groups in total. The van der Waals surface area contributed by atoms with Gasteiger partial charge in [0.2, 0.25) is 0 Å². The highest BCUT2D eigenvalue weighted by Crippen LogP contribution is 2.13. The van der Waals surface area contributed by atoms with E-state index in [1.807, 2.05) is 0 Å². The first-order valence-electron chi connectivity index (χ1n) is 5.26. The molecule has 1 heterocycles. The molecule has 0 atom stereocenters. The third-order valence-electron chi connectivity index (χ3n) is 2.41. The second-order valence-electron chi connectivity index (χ2n) is 3.73. The van der Waals surface area contributed by atoms with Gasteiger partial charge in [-0.3, -0.25) is 9.78 Å². The molecule has 0 unspecified atom stereocenters. The number of hydrogen-bond donors (Lipinski definition) is 1. The van der Waals surface area contributed by atoms with Crippen molar-refractivity contribution in [1.29, 1.82) is 0 Å². The van der Waals surface area contributed by atoms with Crippen molar-refractivity contribution < 1.29 is 13.6 Å². The fourth-order valence-electron chi connectivity index (χ4n) is 1.58. The molecule has 0 radical (unpaired) electrons. The minimum absolute atomic E-state index is 0.0401. The van der Waals surface area contributed by atoms with Gasteiger partial charge < -0.3 is 5.73 Å². The SMILES string of the molecule is NCc1cc(C(=O)c2cc(F)cc(F)c2)ccn1. The quantitative estimate of drug-likeness (QED) is 0.846. The number of rotatable bonds is 3. The van der Waals surface area contributed by atoms with Crippen molar-refractivity contribution in [2.45, 2.75) is 6.54 Å². The lowest BCUT2D eigenvalue weighted by molar-refractivity contribution is 0.103. The zero-order valence-corrected chi connectivity index (χ0v) is 9.36. The van der Waals surface area contributed by atoms with Gasteiger partial charge in [0.15, 0.2) is 5.78 Å². The van der Waals surface area contributed by atoms with Crippen molar-refractivity contribution in [3.8, 4) is 0 Å². The lowest BCUT2D eigenvalue weighted by Gasteiger charge is -2.03. The summed E-state index contributed by atoms with van der Waals surface area (Å²) in [5.74, 6) is -2.04. The lowest BCUT2D eigenvalue weighted by Crippen LogP contribution is -2.06. The first-order chi connectivity index (χ1) is 8.60. The van der Waals surface area contributed by atoms with Crippen LogP contribution in [0.15, 0.2) is 36.5 Å². The summed E-state index contributed by atoms with van der Waals surface area (Å²) in [6, 6.07) is 5.69. The van der Waals surface area contributed by atoms with E-state index in [-0.39, 0.29) is 12.1 Å². The predicted molar refractivity (Wildman–Crippen MR) is 61.9 cm³/mol. The molecule has 0 bridgehead atoms. The van der Waals surface area contributed by atoms with Crippen LogP contribution >= 0.6 is 0 Å². The Morgan fingerprint density at radius 2 is 1.78 bits per heavy atom. The molecule has 0 saturated heterocycles. The number of halogens is 2. The number of carbonyl (C=O) groups excluding carboxylic acids is 1. The molecule has 92 valence electrons. The molecule has 0 aliphatic carbocycles. The highest BCUT2D eigenvalue weighted by Gasteiger charge is 2.12. The lowest BCUT2D eigenvalue weighted by atomic mass is 10.0. The minimum Gasteiger partial charge on any atom is -0.325 e. The Kier molecular flexibility index (Phi) is 3.43. The van der Waals surface area contributed by atoms with Crippen molar-refractivity contribution in [1.82, 2.24) is 4.98 Å². The van der Waals surface area contributed by atoms with E-state index in [9.17, 15) is 13.6 Å². The normalized spacial score (nSPS) is 10.4. The molecule has 5 heteroatoms. The maximum Gasteiger partial charge on any atom is 0.193 e. The average Bonchev–Trinajstić information content (AvgIpc) is 2.37. The molecule has 0 aliphatic heterocycles. The molecule has 1 aromatic carbocycles. The number of nitrogens with two attached hydrogens (primary N) is 1. The zero-order chi connectivity index (χ0) is 13.1. The van der Waals surface area contributed by atoms with E-state index >= 15 is 0 Å². The van der Waals surface area contributed by atoms with E-state index in [0.29, 0.717) is 17.3 Å². The number of aromatic nitrogens is 1. The van der Waals surface area contributed by atoms with Gasteiger partial charge in [0, 0.05) is 29.9 Å². The number of benzene rings is 1. The van der Waals surface area contributed by atoms with Gasteiger partial charge in [0.05, 0.1) is 5.69 Å². The van der Waals surface area contributed by atoms with Crippen LogP contribution in [0.25, 0.3) is 0 Å². The summed E-state index contributed by atoms with van der Waals surface area (Å²) in [6.07, 6.45) is 1.44. The van der Waals surface area contributed by atoms with Crippen molar-refractivity contribution in [3.05, 3.63) is 65.0 Å². The van der Waals surface area contributed by atoms with Gasteiger partial charge in [-0.15, -0.1) is 0 Å². The Balaban J connectivity index is 2.41. The number of carbonyl (C=O) groups is 1. The highest BCUT2D eigenvalue weighted by molar-refractivity contribution is 6.08. The summed E-state index contributed by atoms with van der Waals surface area (Å²) < 4.78 is 26.0. The summed E-state index contributed by atoms with van der Waals surface area (Å²) in [5.41, 5.74) is 6.21. The van der Waals surface area contributed by atoms with Crippen LogP contribution in [0.1, 0.15) is 21.6 Å². The number of pyridine rings is 1. The van der Waals surface area contributed by atoms with Crippen LogP contribution in [-0.4, -0.2) is 10.8 Å². The molecule has 1 aromatic heterocycles. The van der Waals surface area contributed by atoms with E-state index in [1.54, 1.807) is 0 Å². The second kappa shape index (κ2) is 5.01. The van der Waals surface area contributed by atoms with E-state index < -0.39 is 17.4 Å². The monoisotopic (exact) mass is 248 g/mol. The summed E-state index contributed by atoms with van der Waals surface area (Å²) in [4.78, 5) is 16.0. The molecule has 0 aliphatic rings. The van der Waals surface area contributed by atoms with Gasteiger partial charge in [-0.1, -0.05) is 0 Å². The first-order valence-corrected chi connectivity index (χ1v) is 5.26. The molecule has 0 amide bonds. The van der Waals surface area contributed by atoms with E-state index in [1.165, 1.54) is 18.3 Å². The number of nitrogens with zero attached hydrogens (tertiary/aromatic N) is 1. The van der Waals surface area contributed by atoms with Crippen LogP contribution in [0.5, 0.6) is 0 Å². The van der Waals surface area contributed by atoms with Crippen LogP contribution in [0.4, 0.5) is 8.78 Å². The average molecular weight is 248 g/mol. The van der Waals surface area contributed by atoms with Gasteiger partial charge in [0.1, 0.15) is 11.6 Å². The first kappa shape index (κ1) is 12.3. The molecular weight excluding hydrogens is 238 g/mol. The Morgan fingerprint density at radius 1 is 1.11 bits per heavy atom. The fraction of sp³-hybridized carbons (Fsp3) is 0.0769. The van der Waals surface area contributed by atoms with E-state index in [0.717, 1.165) is 12.1 Å². The third kappa shape index (κ3) is 2.57. The molecular formula is C13H10F2N2O. The highest BCUT2D eigenvalue weighted by atomic mass is 19.1. The predicted octanol–water partition coefficient (Wildman–Crippen LogP) is 2.05. The van der Waals surface area contributed by atoms with E-state index in [4.69, 9.17) is 5.73 Å². The van der Waals surface area contributed by atoms with Crippen molar-refractivity contribution in [2.24, 2.45) is 5.73 Å². The smallest absolute Gasteiger partial charge is 0.193 e. The van der Waals surface area contributed by atoms with Gasteiger partial charge in [-0.25, -0.2) is 8.78 Å². The van der Waals surface area contributed by atoms with Crippen molar-refractivity contribution in [3.63, 3.8) is 0 Å². The van der Waals surface area contributed by atoms with Crippen LogP contribution < -0.4 is 5.73 Å². The molecule has 0 fully saturated rings. The second-order valence-corrected chi connectivity index (χ2v) is 3.73.